The van der Waals surface area contributed by atoms with Gasteiger partial charge in [-0.15, -0.1) is 0 Å². The molecule has 2 rings (SSSR count). The summed E-state index contributed by atoms with van der Waals surface area (Å²) in [4.78, 5) is 23.1. The predicted molar refractivity (Wildman–Crippen MR) is 86.4 cm³/mol. The van der Waals surface area contributed by atoms with Crippen LogP contribution in [0.4, 0.5) is 10.5 Å². The number of urea groups is 1. The molecule has 0 radical (unpaired) electrons. The molecular formula is C16H23N3O4. The molecule has 0 aliphatic carbocycles. The highest BCUT2D eigenvalue weighted by molar-refractivity contribution is 5.90. The Hall–Kier alpha value is -2.28. The molecule has 1 aliphatic heterocycles. The lowest BCUT2D eigenvalue weighted by Crippen LogP contribution is -2.64. The number of unbranched alkanes of at least 4 members (excludes halogenated alkanes) is 1. The number of nitrogens with two attached hydrogens (primary N) is 1. The van der Waals surface area contributed by atoms with Gasteiger partial charge in [0.05, 0.1) is 31.8 Å². The zero-order valence-electron chi connectivity index (χ0n) is 13.3. The van der Waals surface area contributed by atoms with Crippen molar-refractivity contribution in [2.24, 2.45) is 5.73 Å². The molecule has 3 amide bonds. The van der Waals surface area contributed by atoms with E-state index in [2.05, 4.69) is 17.6 Å². The minimum absolute atomic E-state index is 0.0601. The number of hydrogen-bond acceptors (Lipinski definition) is 4. The second kappa shape index (κ2) is 7.82. The summed E-state index contributed by atoms with van der Waals surface area (Å²) in [7, 11) is 0. The monoisotopic (exact) mass is 321 g/mol. The fraction of sp³-hybridized carbons (Fsp3) is 0.500. The van der Waals surface area contributed by atoms with E-state index in [0.29, 0.717) is 12.3 Å². The van der Waals surface area contributed by atoms with Crippen molar-refractivity contribution in [3.8, 4) is 5.75 Å². The molecule has 126 valence electrons. The number of ether oxygens (including phenoxy) is 2. The van der Waals surface area contributed by atoms with Gasteiger partial charge in [-0.1, -0.05) is 13.3 Å². The van der Waals surface area contributed by atoms with Crippen LogP contribution in [-0.2, 0) is 9.53 Å². The van der Waals surface area contributed by atoms with Crippen LogP contribution in [0.3, 0.4) is 0 Å². The molecular weight excluding hydrogens is 298 g/mol. The second-order valence-corrected chi connectivity index (χ2v) is 5.72. The summed E-state index contributed by atoms with van der Waals surface area (Å²) < 4.78 is 10.6. The summed E-state index contributed by atoms with van der Waals surface area (Å²) in [6, 6.07) is 6.74. The largest absolute Gasteiger partial charge is 0.494 e. The van der Waals surface area contributed by atoms with Crippen molar-refractivity contribution in [3.05, 3.63) is 24.3 Å². The average Bonchev–Trinajstić information content (AvgIpc) is 2.46. The topological polar surface area (TPSA) is 103 Å². The van der Waals surface area contributed by atoms with Crippen molar-refractivity contribution < 1.29 is 19.1 Å². The fourth-order valence-corrected chi connectivity index (χ4v) is 2.27. The third kappa shape index (κ3) is 5.14. The van der Waals surface area contributed by atoms with Gasteiger partial charge in [-0.3, -0.25) is 4.79 Å². The summed E-state index contributed by atoms with van der Waals surface area (Å²) >= 11 is 0. The fourth-order valence-electron chi connectivity index (χ4n) is 2.27. The van der Waals surface area contributed by atoms with Crippen molar-refractivity contribution in [3.63, 3.8) is 0 Å². The van der Waals surface area contributed by atoms with Crippen LogP contribution < -0.4 is 21.1 Å². The molecule has 1 aliphatic rings. The highest BCUT2D eigenvalue weighted by Crippen LogP contribution is 2.21. The first kappa shape index (κ1) is 17.1. The van der Waals surface area contributed by atoms with Gasteiger partial charge >= 0.3 is 6.03 Å². The number of rotatable bonds is 8. The lowest BCUT2D eigenvalue weighted by Gasteiger charge is -2.41. The quantitative estimate of drug-likeness (QED) is 0.633. The lowest BCUT2D eigenvalue weighted by atomic mass is 9.93. The van der Waals surface area contributed by atoms with Crippen molar-refractivity contribution in [2.75, 3.05) is 25.1 Å². The average molecular weight is 321 g/mol. The number of nitrogens with one attached hydrogen (secondary N) is 2. The van der Waals surface area contributed by atoms with Crippen LogP contribution in [-0.4, -0.2) is 37.3 Å². The maximum absolute atomic E-state index is 12.0. The zero-order valence-corrected chi connectivity index (χ0v) is 13.3. The number of benzene rings is 1. The molecule has 0 aromatic heterocycles. The number of hydrogen-bond donors (Lipinski definition) is 3. The normalized spacial score (nSPS) is 15.3. The zero-order chi connectivity index (χ0) is 16.7. The molecule has 1 heterocycles. The molecule has 23 heavy (non-hydrogen) atoms. The van der Waals surface area contributed by atoms with Crippen LogP contribution in [0.25, 0.3) is 0 Å². The number of anilines is 1. The van der Waals surface area contributed by atoms with Crippen LogP contribution in [0.1, 0.15) is 26.2 Å². The first-order valence-electron chi connectivity index (χ1n) is 7.71. The minimum Gasteiger partial charge on any atom is -0.494 e. The molecule has 1 saturated heterocycles. The molecule has 1 fully saturated rings. The Morgan fingerprint density at radius 2 is 2.00 bits per heavy atom. The Morgan fingerprint density at radius 3 is 2.52 bits per heavy atom. The molecule has 1 aromatic carbocycles. The molecule has 7 nitrogen and oxygen atoms in total. The van der Waals surface area contributed by atoms with Crippen LogP contribution in [0.2, 0.25) is 0 Å². The Kier molecular flexibility index (Phi) is 5.81. The molecule has 0 atom stereocenters. The van der Waals surface area contributed by atoms with Crippen molar-refractivity contribution in [1.82, 2.24) is 5.32 Å². The molecule has 0 saturated carbocycles. The molecule has 0 bridgehead atoms. The number of primary amides is 1. The van der Waals surface area contributed by atoms with Crippen LogP contribution in [0.5, 0.6) is 5.75 Å². The first-order valence-corrected chi connectivity index (χ1v) is 7.71. The highest BCUT2D eigenvalue weighted by Gasteiger charge is 2.41. The smallest absolute Gasteiger partial charge is 0.319 e. The number of amides is 3. The third-order valence-corrected chi connectivity index (χ3v) is 3.53. The van der Waals surface area contributed by atoms with Gasteiger partial charge in [-0.05, 0) is 30.7 Å². The van der Waals surface area contributed by atoms with Crippen LogP contribution >= 0.6 is 0 Å². The second-order valence-electron chi connectivity index (χ2n) is 5.72. The molecule has 1 aromatic rings. The maximum Gasteiger partial charge on any atom is 0.319 e. The van der Waals surface area contributed by atoms with E-state index in [4.69, 9.17) is 15.2 Å². The van der Waals surface area contributed by atoms with E-state index >= 15 is 0 Å². The Morgan fingerprint density at radius 1 is 1.30 bits per heavy atom. The van der Waals surface area contributed by atoms with Gasteiger partial charge in [0.2, 0.25) is 5.91 Å². The van der Waals surface area contributed by atoms with E-state index in [1.54, 1.807) is 24.3 Å². The number of carbonyl (C=O) groups is 2. The van der Waals surface area contributed by atoms with Gasteiger partial charge in [0.15, 0.2) is 0 Å². The summed E-state index contributed by atoms with van der Waals surface area (Å²) in [5.74, 6) is 0.296. The van der Waals surface area contributed by atoms with E-state index < -0.39 is 17.5 Å². The first-order chi connectivity index (χ1) is 11.0. The number of carbonyl (C=O) groups excluding carboxylic acids is 2. The standard InChI is InChI=1S/C16H23N3O4/c1-2-3-8-23-13-6-4-12(5-7-13)18-15(21)19-16(9-14(17)20)10-22-11-16/h4-7H,2-3,8-11H2,1H3,(H2,17,20)(H2,18,19,21). The minimum atomic E-state index is -0.695. The maximum atomic E-state index is 12.0. The van der Waals surface area contributed by atoms with E-state index in [0.717, 1.165) is 18.6 Å². The molecule has 7 heteroatoms. The van der Waals surface area contributed by atoms with Crippen molar-refractivity contribution in [1.29, 1.82) is 0 Å². The third-order valence-electron chi connectivity index (χ3n) is 3.53. The van der Waals surface area contributed by atoms with E-state index in [1.165, 1.54) is 0 Å². The molecule has 0 spiro atoms. The van der Waals surface area contributed by atoms with Gasteiger partial charge in [0.25, 0.3) is 0 Å². The Labute approximate surface area is 135 Å². The molecule has 0 unspecified atom stereocenters. The summed E-state index contributed by atoms with van der Waals surface area (Å²) in [5.41, 5.74) is 5.15. The van der Waals surface area contributed by atoms with Crippen molar-refractivity contribution >= 4 is 17.6 Å². The van der Waals surface area contributed by atoms with Crippen LogP contribution in [0, 0.1) is 0 Å². The van der Waals surface area contributed by atoms with E-state index in [1.807, 2.05) is 0 Å². The SMILES string of the molecule is CCCCOc1ccc(NC(=O)NC2(CC(N)=O)COC2)cc1. The lowest BCUT2D eigenvalue weighted by molar-refractivity contribution is -0.127. The Balaban J connectivity index is 1.84. The summed E-state index contributed by atoms with van der Waals surface area (Å²) in [6.07, 6.45) is 2.15. The molecule has 4 N–H and O–H groups in total. The summed E-state index contributed by atoms with van der Waals surface area (Å²) in [6.45, 7) is 3.35. The van der Waals surface area contributed by atoms with Gasteiger partial charge in [-0.2, -0.15) is 0 Å². The van der Waals surface area contributed by atoms with Gasteiger partial charge in [-0.25, -0.2) is 4.79 Å². The highest BCUT2D eigenvalue weighted by atomic mass is 16.5. The predicted octanol–water partition coefficient (Wildman–Crippen LogP) is 1.63. The Bertz CT molecular complexity index is 541. The van der Waals surface area contributed by atoms with Gasteiger partial charge < -0.3 is 25.8 Å². The van der Waals surface area contributed by atoms with Gasteiger partial charge in [0.1, 0.15) is 5.75 Å². The van der Waals surface area contributed by atoms with E-state index in [-0.39, 0.29) is 19.6 Å². The van der Waals surface area contributed by atoms with Gasteiger partial charge in [0, 0.05) is 5.69 Å². The summed E-state index contributed by atoms with van der Waals surface area (Å²) in [5, 5.41) is 5.48. The van der Waals surface area contributed by atoms with Crippen LogP contribution in [0.15, 0.2) is 24.3 Å². The van der Waals surface area contributed by atoms with E-state index in [9.17, 15) is 9.59 Å². The van der Waals surface area contributed by atoms with Crippen molar-refractivity contribution in [2.45, 2.75) is 31.7 Å².